The molecule has 6 nitrogen and oxygen atoms in total. The Labute approximate surface area is 461 Å². The molecule has 2 aliphatic carbocycles. The second-order valence-corrected chi connectivity index (χ2v) is 23.0. The monoisotopic (exact) mass is 1020 g/mol. The molecule has 0 bridgehead atoms. The summed E-state index contributed by atoms with van der Waals surface area (Å²) in [6.07, 6.45) is 0. The molecule has 80 heavy (non-hydrogen) atoms. The van der Waals surface area contributed by atoms with Crippen LogP contribution in [0.2, 0.25) is 0 Å². The molecule has 11 aromatic carbocycles. The number of para-hydroxylation sites is 6. The van der Waals surface area contributed by atoms with Crippen molar-refractivity contribution in [1.29, 1.82) is 10.5 Å². The number of aromatic nitrogens is 4. The molecule has 0 fully saturated rings. The fourth-order valence-electron chi connectivity index (χ4n) is 14.9. The second kappa shape index (κ2) is 15.6. The minimum absolute atomic E-state index is 0.255. The summed E-state index contributed by atoms with van der Waals surface area (Å²) >= 11 is 0. The number of hydrogen-bond donors (Lipinski definition) is 0. The van der Waals surface area contributed by atoms with E-state index in [2.05, 4.69) is 276 Å². The molecule has 0 unspecified atom stereocenters. The van der Waals surface area contributed by atoms with Gasteiger partial charge in [-0.3, -0.25) is 0 Å². The summed E-state index contributed by atoms with van der Waals surface area (Å²) in [5.41, 5.74) is 20.4. The van der Waals surface area contributed by atoms with E-state index in [-0.39, 0.29) is 22.0 Å². The highest BCUT2D eigenvalue weighted by atomic mass is 15.1. The van der Waals surface area contributed by atoms with E-state index in [0.717, 1.165) is 98.6 Å². The predicted molar refractivity (Wildman–Crippen MR) is 328 cm³/mol. The molecule has 4 aromatic heterocycles. The molecule has 0 amide bonds. The zero-order valence-corrected chi connectivity index (χ0v) is 44.5. The topological polar surface area (TPSA) is 67.3 Å². The third-order valence-corrected chi connectivity index (χ3v) is 18.4. The fraction of sp³-hybridized carbons (Fsp3) is 0.0811. The van der Waals surface area contributed by atoms with Gasteiger partial charge in [-0.25, -0.2) is 0 Å². The van der Waals surface area contributed by atoms with E-state index >= 15 is 0 Å². The van der Waals surface area contributed by atoms with Crippen LogP contribution in [0.1, 0.15) is 61.1 Å². The van der Waals surface area contributed by atoms with Crippen molar-refractivity contribution >= 4 is 87.2 Å². The molecule has 0 radical (unpaired) electrons. The Kier molecular flexibility index (Phi) is 8.74. The van der Waals surface area contributed by atoms with E-state index in [0.29, 0.717) is 11.4 Å². The number of hydrogen-bond acceptors (Lipinski definition) is 2. The first-order chi connectivity index (χ1) is 39.2. The van der Waals surface area contributed by atoms with Crippen LogP contribution in [0.5, 0.6) is 0 Å². The lowest BCUT2D eigenvalue weighted by molar-refractivity contribution is 0.661. The maximum Gasteiger partial charge on any atom is 0.103 e. The Balaban J connectivity index is 1.17. The molecule has 15 aromatic rings. The zero-order chi connectivity index (χ0) is 53.5. The van der Waals surface area contributed by atoms with Gasteiger partial charge in [0.2, 0.25) is 0 Å². The molecule has 0 N–H and O–H groups in total. The van der Waals surface area contributed by atoms with Crippen LogP contribution in [-0.4, -0.2) is 18.3 Å². The SMILES string of the molecule is CC1(C)c2ccccc2-c2cc3c(cc21)c1ccccc1n3-c1c(C#N)c(C#N)c(-n2c3ccccc3c3cc4c(cc32)-c2ccccc2C4(C)C)c(-n2c3ccccc3c3ccccc32)c1-n1c2ccccc2c2ccccc21. The largest absolute Gasteiger partial charge is 0.306 e. The molecule has 2 aliphatic rings. The molecule has 6 heteroatoms. The van der Waals surface area contributed by atoms with Gasteiger partial charge in [0.05, 0.1) is 78.0 Å². The maximum atomic E-state index is 12.5. The summed E-state index contributed by atoms with van der Waals surface area (Å²) in [5, 5.41) is 33.7. The van der Waals surface area contributed by atoms with Crippen molar-refractivity contribution in [2.24, 2.45) is 0 Å². The smallest absolute Gasteiger partial charge is 0.103 e. The van der Waals surface area contributed by atoms with Gasteiger partial charge in [-0.1, -0.05) is 185 Å². The van der Waals surface area contributed by atoms with Crippen LogP contribution in [0.4, 0.5) is 0 Å². The van der Waals surface area contributed by atoms with E-state index in [1.807, 2.05) is 0 Å². The van der Waals surface area contributed by atoms with Gasteiger partial charge in [-0.05, 0) is 105 Å². The Hall–Kier alpha value is -10.4. The van der Waals surface area contributed by atoms with Gasteiger partial charge in [0.15, 0.2) is 0 Å². The van der Waals surface area contributed by atoms with Crippen LogP contribution in [0.3, 0.4) is 0 Å². The van der Waals surface area contributed by atoms with Crippen molar-refractivity contribution < 1.29 is 0 Å². The number of rotatable bonds is 4. The Bertz CT molecular complexity index is 4960. The van der Waals surface area contributed by atoms with Crippen molar-refractivity contribution in [2.45, 2.75) is 38.5 Å². The Morgan fingerprint density at radius 1 is 0.263 bits per heavy atom. The number of benzene rings is 11. The molecule has 0 saturated carbocycles. The van der Waals surface area contributed by atoms with Crippen LogP contribution in [-0.2, 0) is 10.8 Å². The lowest BCUT2D eigenvalue weighted by Gasteiger charge is -2.28. The summed E-state index contributed by atoms with van der Waals surface area (Å²) in [6.45, 7) is 9.31. The first kappa shape index (κ1) is 44.7. The van der Waals surface area contributed by atoms with Gasteiger partial charge in [0.25, 0.3) is 0 Å². The quantitative estimate of drug-likeness (QED) is 0.176. The Morgan fingerprint density at radius 3 is 0.838 bits per heavy atom. The molecule has 374 valence electrons. The van der Waals surface area contributed by atoms with Crippen LogP contribution >= 0.6 is 0 Å². The first-order valence-corrected chi connectivity index (χ1v) is 27.6. The number of nitrogens with zero attached hydrogens (tertiary/aromatic N) is 6. The van der Waals surface area contributed by atoms with Crippen molar-refractivity contribution in [3.05, 3.63) is 252 Å². The molecule has 0 atom stereocenters. The van der Waals surface area contributed by atoms with Crippen molar-refractivity contribution in [2.75, 3.05) is 0 Å². The van der Waals surface area contributed by atoms with Crippen LogP contribution < -0.4 is 0 Å². The van der Waals surface area contributed by atoms with Crippen molar-refractivity contribution in [3.8, 4) is 57.1 Å². The molecule has 0 aliphatic heterocycles. The average molecular weight is 1020 g/mol. The summed E-state index contributed by atoms with van der Waals surface area (Å²) in [4.78, 5) is 0. The molecule has 4 heterocycles. The highest BCUT2D eigenvalue weighted by molar-refractivity contribution is 6.17. The van der Waals surface area contributed by atoms with Crippen LogP contribution in [0.15, 0.2) is 218 Å². The van der Waals surface area contributed by atoms with Crippen LogP contribution in [0, 0.1) is 22.7 Å². The fourth-order valence-corrected chi connectivity index (χ4v) is 14.9. The molecular formula is C74H48N6. The van der Waals surface area contributed by atoms with Gasteiger partial charge in [-0.15, -0.1) is 0 Å². The third-order valence-electron chi connectivity index (χ3n) is 18.4. The molecule has 17 rings (SSSR count). The molecular weight excluding hydrogens is 973 g/mol. The maximum absolute atomic E-state index is 12.5. The zero-order valence-electron chi connectivity index (χ0n) is 44.5. The number of nitriles is 2. The normalized spacial score (nSPS) is 13.9. The first-order valence-electron chi connectivity index (χ1n) is 27.6. The van der Waals surface area contributed by atoms with Crippen molar-refractivity contribution in [1.82, 2.24) is 18.3 Å². The highest BCUT2D eigenvalue weighted by Crippen LogP contribution is 2.55. The third kappa shape index (κ3) is 5.49. The number of fused-ring (bicyclic) bond motifs is 18. The van der Waals surface area contributed by atoms with Gasteiger partial charge >= 0.3 is 0 Å². The summed E-state index contributed by atoms with van der Waals surface area (Å²) in [7, 11) is 0. The lowest BCUT2D eigenvalue weighted by atomic mass is 9.82. The van der Waals surface area contributed by atoms with Crippen molar-refractivity contribution in [3.63, 3.8) is 0 Å². The van der Waals surface area contributed by atoms with E-state index < -0.39 is 0 Å². The van der Waals surface area contributed by atoms with E-state index in [4.69, 9.17) is 0 Å². The van der Waals surface area contributed by atoms with Crippen LogP contribution in [0.25, 0.3) is 132 Å². The standard InChI is InChI=1S/C74H48N6/c1-73(2)57-29-13-5-21-43(57)51-39-67-53(37-59(51)73)49-27-11-19-35-65(49)79(67)69-55(41-75)56(42-76)70(80-66-36-20-12-28-50(66)54-38-60-52(40-68(54)80)44-22-6-14-30-58(44)74(60,3)4)72(78-63-33-17-9-25-47(63)48-26-10-18-34-64(48)78)71(69)77-61-31-15-7-23-45(61)46-24-8-16-32-62(46)77/h5-40H,1-4H3. The minimum Gasteiger partial charge on any atom is -0.306 e. The van der Waals surface area contributed by atoms with Gasteiger partial charge in [-0.2, -0.15) is 10.5 Å². The van der Waals surface area contributed by atoms with Gasteiger partial charge in [0, 0.05) is 53.9 Å². The minimum atomic E-state index is -0.255. The molecule has 0 spiro atoms. The molecule has 0 saturated heterocycles. The second-order valence-electron chi connectivity index (χ2n) is 23.0. The summed E-state index contributed by atoms with van der Waals surface area (Å²) in [6, 6.07) is 84.6. The average Bonchev–Trinajstić information content (AvgIpc) is 4.48. The lowest BCUT2D eigenvalue weighted by Crippen LogP contribution is -2.17. The van der Waals surface area contributed by atoms with E-state index in [1.54, 1.807) is 0 Å². The summed E-state index contributed by atoms with van der Waals surface area (Å²) < 4.78 is 9.47. The Morgan fingerprint density at radius 2 is 0.525 bits per heavy atom. The van der Waals surface area contributed by atoms with Gasteiger partial charge in [0.1, 0.15) is 12.1 Å². The highest BCUT2D eigenvalue weighted by Gasteiger charge is 2.40. The van der Waals surface area contributed by atoms with E-state index in [9.17, 15) is 10.5 Å². The van der Waals surface area contributed by atoms with E-state index in [1.165, 1.54) is 44.5 Å². The van der Waals surface area contributed by atoms with Gasteiger partial charge < -0.3 is 18.3 Å². The summed E-state index contributed by atoms with van der Waals surface area (Å²) in [5.74, 6) is 0. The predicted octanol–water partition coefficient (Wildman–Crippen LogP) is 18.4.